The van der Waals surface area contributed by atoms with Gasteiger partial charge in [0.2, 0.25) is 23.2 Å². The SMILES string of the molecule is CCSc1nnc2c(n1)O[C@@H](c1sccc1C)N(C(=O)CC)c1ccccc1-2. The standard InChI is InChI=1S/C20H20N4O2S2/c1-4-15(25)24-14-9-7-6-8-13(14)16-18(21-20(23-22-16)27-5-2)26-19(24)17-12(3)10-11-28-17/h6-11,19H,4-5H2,1-3H3/t19-/m0/s1. The summed E-state index contributed by atoms with van der Waals surface area (Å²) < 4.78 is 6.38. The summed E-state index contributed by atoms with van der Waals surface area (Å²) in [6.45, 7) is 5.92. The van der Waals surface area contributed by atoms with Gasteiger partial charge in [-0.15, -0.1) is 21.5 Å². The molecule has 1 atom stereocenters. The molecule has 3 heterocycles. The molecule has 1 aliphatic heterocycles. The number of nitrogens with zero attached hydrogens (tertiary/aromatic N) is 4. The third-order valence-corrected chi connectivity index (χ3v) is 6.25. The summed E-state index contributed by atoms with van der Waals surface area (Å²) in [5, 5.41) is 11.2. The molecular weight excluding hydrogens is 392 g/mol. The number of aromatic nitrogens is 3. The fourth-order valence-corrected chi connectivity index (χ4v) is 4.60. The number of carbonyl (C=O) groups is 1. The van der Waals surface area contributed by atoms with Crippen LogP contribution < -0.4 is 9.64 Å². The molecule has 3 aromatic rings. The molecule has 4 rings (SSSR count). The lowest BCUT2D eigenvalue weighted by Crippen LogP contribution is -2.37. The van der Waals surface area contributed by atoms with Crippen LogP contribution >= 0.6 is 23.1 Å². The zero-order valence-corrected chi connectivity index (χ0v) is 17.5. The minimum Gasteiger partial charge on any atom is -0.446 e. The number of carbonyl (C=O) groups excluding carboxylic acids is 1. The first-order valence-corrected chi connectivity index (χ1v) is 11.0. The summed E-state index contributed by atoms with van der Waals surface area (Å²) in [4.78, 5) is 20.3. The van der Waals surface area contributed by atoms with Crippen molar-refractivity contribution in [1.29, 1.82) is 0 Å². The van der Waals surface area contributed by atoms with Crippen LogP contribution in [0.15, 0.2) is 40.9 Å². The Balaban J connectivity index is 1.96. The van der Waals surface area contributed by atoms with Crippen LogP contribution in [0.2, 0.25) is 0 Å². The van der Waals surface area contributed by atoms with Crippen molar-refractivity contribution in [3.05, 3.63) is 46.2 Å². The predicted octanol–water partition coefficient (Wildman–Crippen LogP) is 4.85. The highest BCUT2D eigenvalue weighted by Crippen LogP contribution is 2.44. The highest BCUT2D eigenvalue weighted by Gasteiger charge is 2.36. The molecule has 6 nitrogen and oxygen atoms in total. The van der Waals surface area contributed by atoms with E-state index in [0.717, 1.165) is 27.4 Å². The van der Waals surface area contributed by atoms with Gasteiger partial charge in [0, 0.05) is 12.0 Å². The van der Waals surface area contributed by atoms with E-state index in [1.807, 2.05) is 56.5 Å². The summed E-state index contributed by atoms with van der Waals surface area (Å²) in [5.74, 6) is 1.22. The lowest BCUT2D eigenvalue weighted by Gasteiger charge is -2.30. The van der Waals surface area contributed by atoms with Crippen molar-refractivity contribution < 1.29 is 9.53 Å². The Hall–Kier alpha value is -2.45. The minimum absolute atomic E-state index is 0.0193. The lowest BCUT2D eigenvalue weighted by atomic mass is 10.1. The third kappa shape index (κ3) is 3.27. The van der Waals surface area contributed by atoms with E-state index in [1.54, 1.807) is 16.2 Å². The van der Waals surface area contributed by atoms with Crippen LogP contribution in [0, 0.1) is 6.92 Å². The second-order valence-electron chi connectivity index (χ2n) is 6.25. The van der Waals surface area contributed by atoms with Crippen LogP contribution in [-0.4, -0.2) is 26.8 Å². The zero-order valence-electron chi connectivity index (χ0n) is 15.9. The van der Waals surface area contributed by atoms with Crippen LogP contribution in [-0.2, 0) is 4.79 Å². The van der Waals surface area contributed by atoms with Crippen LogP contribution in [0.3, 0.4) is 0 Å². The molecule has 0 saturated heterocycles. The van der Waals surface area contributed by atoms with Crippen molar-refractivity contribution >= 4 is 34.7 Å². The maximum atomic E-state index is 13.0. The van der Waals surface area contributed by atoms with Crippen molar-refractivity contribution in [2.45, 2.75) is 38.6 Å². The van der Waals surface area contributed by atoms with Crippen LogP contribution in [0.25, 0.3) is 11.3 Å². The zero-order chi connectivity index (χ0) is 19.7. The number of fused-ring (bicyclic) bond motifs is 3. The molecule has 0 bridgehead atoms. The molecule has 0 spiro atoms. The maximum absolute atomic E-state index is 13.0. The molecule has 28 heavy (non-hydrogen) atoms. The molecule has 0 unspecified atom stereocenters. The van der Waals surface area contributed by atoms with Gasteiger partial charge in [-0.1, -0.05) is 43.8 Å². The summed E-state index contributed by atoms with van der Waals surface area (Å²) in [5.41, 5.74) is 3.19. The van der Waals surface area contributed by atoms with Gasteiger partial charge in [-0.25, -0.2) is 0 Å². The monoisotopic (exact) mass is 412 g/mol. The first-order valence-electron chi connectivity index (χ1n) is 9.13. The minimum atomic E-state index is -0.592. The van der Waals surface area contributed by atoms with Gasteiger partial charge in [0.25, 0.3) is 0 Å². The van der Waals surface area contributed by atoms with E-state index < -0.39 is 6.23 Å². The van der Waals surface area contributed by atoms with Crippen molar-refractivity contribution in [3.8, 4) is 17.1 Å². The van der Waals surface area contributed by atoms with E-state index in [1.165, 1.54) is 11.8 Å². The van der Waals surface area contributed by atoms with Crippen LogP contribution in [0.4, 0.5) is 5.69 Å². The van der Waals surface area contributed by atoms with Crippen molar-refractivity contribution in [1.82, 2.24) is 15.2 Å². The molecule has 0 fully saturated rings. The molecule has 2 aromatic heterocycles. The van der Waals surface area contributed by atoms with Crippen molar-refractivity contribution in [3.63, 3.8) is 0 Å². The Kier molecular flexibility index (Phi) is 5.32. The normalized spacial score (nSPS) is 15.4. The number of thiophene rings is 1. The fourth-order valence-electron chi connectivity index (χ4n) is 3.15. The Morgan fingerprint density at radius 2 is 2.07 bits per heavy atom. The Bertz CT molecular complexity index is 1020. The molecular formula is C20H20N4O2S2. The van der Waals surface area contributed by atoms with E-state index in [4.69, 9.17) is 4.74 Å². The van der Waals surface area contributed by atoms with Crippen LogP contribution in [0.1, 0.15) is 36.9 Å². The molecule has 8 heteroatoms. The molecule has 1 aromatic carbocycles. The number of para-hydroxylation sites is 1. The Morgan fingerprint density at radius 3 is 2.79 bits per heavy atom. The average molecular weight is 413 g/mol. The Morgan fingerprint density at radius 1 is 1.25 bits per heavy atom. The summed E-state index contributed by atoms with van der Waals surface area (Å²) in [6.07, 6.45) is -0.226. The molecule has 0 N–H and O–H groups in total. The first-order chi connectivity index (χ1) is 13.6. The second kappa shape index (κ2) is 7.89. The highest BCUT2D eigenvalue weighted by atomic mass is 32.2. The van der Waals surface area contributed by atoms with Crippen LogP contribution in [0.5, 0.6) is 5.88 Å². The molecule has 0 aliphatic carbocycles. The number of hydrogen-bond donors (Lipinski definition) is 0. The number of thioether (sulfide) groups is 1. The molecule has 1 aliphatic rings. The number of rotatable bonds is 4. The summed E-state index contributed by atoms with van der Waals surface area (Å²) >= 11 is 3.08. The van der Waals surface area contributed by atoms with Gasteiger partial charge in [-0.2, -0.15) is 4.98 Å². The molecule has 144 valence electrons. The smallest absolute Gasteiger partial charge is 0.247 e. The van der Waals surface area contributed by atoms with Gasteiger partial charge < -0.3 is 4.74 Å². The molecule has 0 radical (unpaired) electrons. The number of aryl methyl sites for hydroxylation is 1. The van der Waals surface area contributed by atoms with Crippen molar-refractivity contribution in [2.24, 2.45) is 0 Å². The van der Waals surface area contributed by atoms with Gasteiger partial charge in [0.1, 0.15) is 0 Å². The second-order valence-corrected chi connectivity index (χ2v) is 8.43. The largest absolute Gasteiger partial charge is 0.446 e. The van der Waals surface area contributed by atoms with E-state index in [9.17, 15) is 4.79 Å². The highest BCUT2D eigenvalue weighted by molar-refractivity contribution is 7.99. The fraction of sp³-hybridized carbons (Fsp3) is 0.300. The van der Waals surface area contributed by atoms with Gasteiger partial charge in [0.15, 0.2) is 5.69 Å². The Labute approximate surface area is 172 Å². The number of anilines is 1. The average Bonchev–Trinajstić information content (AvgIpc) is 3.07. The predicted molar refractivity (Wildman–Crippen MR) is 112 cm³/mol. The number of benzene rings is 1. The summed E-state index contributed by atoms with van der Waals surface area (Å²) in [7, 11) is 0. The van der Waals surface area contributed by atoms with Gasteiger partial charge >= 0.3 is 0 Å². The number of amides is 1. The molecule has 0 saturated carbocycles. The third-order valence-electron chi connectivity index (χ3n) is 4.48. The van der Waals surface area contributed by atoms with Gasteiger partial charge in [-0.05, 0) is 35.8 Å². The first kappa shape index (κ1) is 18.9. The van der Waals surface area contributed by atoms with E-state index in [0.29, 0.717) is 23.2 Å². The van der Waals surface area contributed by atoms with E-state index in [-0.39, 0.29) is 5.91 Å². The van der Waals surface area contributed by atoms with E-state index in [2.05, 4.69) is 15.2 Å². The molecule has 1 amide bonds. The number of hydrogen-bond acceptors (Lipinski definition) is 7. The maximum Gasteiger partial charge on any atom is 0.247 e. The van der Waals surface area contributed by atoms with Gasteiger partial charge in [-0.3, -0.25) is 9.69 Å². The van der Waals surface area contributed by atoms with Gasteiger partial charge in [0.05, 0.1) is 10.6 Å². The van der Waals surface area contributed by atoms with E-state index >= 15 is 0 Å². The number of ether oxygens (including phenoxy) is 1. The van der Waals surface area contributed by atoms with Crippen molar-refractivity contribution in [2.75, 3.05) is 10.7 Å². The topological polar surface area (TPSA) is 68.2 Å². The lowest BCUT2D eigenvalue weighted by molar-refractivity contribution is -0.120. The quantitative estimate of drug-likeness (QED) is 0.570. The summed E-state index contributed by atoms with van der Waals surface area (Å²) in [6, 6.07) is 9.73.